The number of amides is 1. The molecule has 0 atom stereocenters. The van der Waals surface area contributed by atoms with Gasteiger partial charge in [-0.1, -0.05) is 18.6 Å². The highest BCUT2D eigenvalue weighted by atomic mass is 32.1. The van der Waals surface area contributed by atoms with Gasteiger partial charge in [0.15, 0.2) is 0 Å². The van der Waals surface area contributed by atoms with Crippen molar-refractivity contribution in [3.8, 4) is 16.3 Å². The number of hydrogen-bond donors (Lipinski definition) is 2. The normalized spacial score (nSPS) is 14.8. The van der Waals surface area contributed by atoms with Crippen molar-refractivity contribution in [3.05, 3.63) is 59.1 Å². The second-order valence-corrected chi connectivity index (χ2v) is 8.11. The Morgan fingerprint density at radius 2 is 2.07 bits per heavy atom. The van der Waals surface area contributed by atoms with Crippen LogP contribution in [0, 0.1) is 0 Å². The second kappa shape index (κ2) is 8.58. The van der Waals surface area contributed by atoms with Gasteiger partial charge in [-0.3, -0.25) is 14.7 Å². The number of nitrogens with zero attached hydrogens (tertiary/aromatic N) is 2. The fourth-order valence-corrected chi connectivity index (χ4v) is 4.37. The summed E-state index contributed by atoms with van der Waals surface area (Å²) < 4.78 is 8.03. The molecule has 7 heteroatoms. The van der Waals surface area contributed by atoms with Gasteiger partial charge in [-0.15, -0.1) is 11.3 Å². The van der Waals surface area contributed by atoms with E-state index >= 15 is 0 Å². The van der Waals surface area contributed by atoms with Crippen LogP contribution in [0.25, 0.3) is 10.6 Å². The van der Waals surface area contributed by atoms with Crippen LogP contribution in [0.5, 0.6) is 5.75 Å². The zero-order valence-corrected chi connectivity index (χ0v) is 16.3. The third-order valence-electron chi connectivity index (χ3n) is 4.92. The van der Waals surface area contributed by atoms with Gasteiger partial charge < -0.3 is 4.74 Å². The van der Waals surface area contributed by atoms with Crippen molar-refractivity contribution in [2.75, 3.05) is 0 Å². The van der Waals surface area contributed by atoms with Crippen LogP contribution in [0.4, 0.5) is 0 Å². The Hall–Kier alpha value is -2.64. The summed E-state index contributed by atoms with van der Waals surface area (Å²) in [5, 5.41) is 13.4. The lowest BCUT2D eigenvalue weighted by molar-refractivity contribution is 0.0711. The first kappa shape index (κ1) is 18.7. The van der Waals surface area contributed by atoms with E-state index in [0.717, 1.165) is 34.7 Å². The Kier molecular flexibility index (Phi) is 5.73. The molecule has 1 saturated carbocycles. The molecule has 2 heterocycles. The summed E-state index contributed by atoms with van der Waals surface area (Å²) in [6.07, 6.45) is 8.38. The van der Waals surface area contributed by atoms with Crippen molar-refractivity contribution in [2.24, 2.45) is 0 Å². The summed E-state index contributed by atoms with van der Waals surface area (Å²) in [5.41, 5.74) is 3.59. The number of carbonyl (C=O) groups is 1. The number of thiophene rings is 1. The number of benzene rings is 1. The highest BCUT2D eigenvalue weighted by Crippen LogP contribution is 2.27. The summed E-state index contributed by atoms with van der Waals surface area (Å²) in [4.78, 5) is 12.8. The van der Waals surface area contributed by atoms with Crippen molar-refractivity contribution in [2.45, 2.75) is 44.8 Å². The van der Waals surface area contributed by atoms with E-state index in [-0.39, 0.29) is 0 Å². The number of rotatable bonds is 6. The third-order valence-corrected chi connectivity index (χ3v) is 6.03. The number of ether oxygens (including phenoxy) is 1. The molecule has 1 fully saturated rings. The summed E-state index contributed by atoms with van der Waals surface area (Å²) in [7, 11) is 0. The van der Waals surface area contributed by atoms with Crippen molar-refractivity contribution in [3.63, 3.8) is 0 Å². The smallest absolute Gasteiger partial charge is 0.284 e. The van der Waals surface area contributed by atoms with Gasteiger partial charge in [0.1, 0.15) is 11.4 Å². The first-order valence-corrected chi connectivity index (χ1v) is 10.4. The van der Waals surface area contributed by atoms with E-state index in [1.165, 1.54) is 30.6 Å². The van der Waals surface area contributed by atoms with E-state index in [1.807, 2.05) is 35.1 Å². The summed E-state index contributed by atoms with van der Waals surface area (Å²) in [6.45, 7) is 0.650. The van der Waals surface area contributed by atoms with E-state index in [4.69, 9.17) is 9.94 Å². The first-order valence-electron chi connectivity index (χ1n) is 9.55. The Bertz CT molecular complexity index is 944. The van der Waals surface area contributed by atoms with Gasteiger partial charge >= 0.3 is 0 Å². The van der Waals surface area contributed by atoms with Gasteiger partial charge in [0.05, 0.1) is 22.4 Å². The van der Waals surface area contributed by atoms with Crippen molar-refractivity contribution in [1.82, 2.24) is 15.3 Å². The molecule has 28 heavy (non-hydrogen) atoms. The third kappa shape index (κ3) is 4.43. The number of carbonyl (C=O) groups excluding carboxylic acids is 1. The lowest BCUT2D eigenvalue weighted by atomic mass is 9.98. The molecule has 1 aliphatic rings. The molecule has 146 valence electrons. The molecule has 0 aliphatic heterocycles. The second-order valence-electron chi connectivity index (χ2n) is 7.03. The van der Waals surface area contributed by atoms with Crippen LogP contribution in [-0.2, 0) is 6.54 Å². The van der Waals surface area contributed by atoms with Gasteiger partial charge in [-0.25, -0.2) is 5.48 Å². The predicted molar refractivity (Wildman–Crippen MR) is 108 cm³/mol. The van der Waals surface area contributed by atoms with Crippen molar-refractivity contribution < 1.29 is 14.7 Å². The summed E-state index contributed by atoms with van der Waals surface area (Å²) in [6, 6.07) is 13.6. The maximum Gasteiger partial charge on any atom is 0.284 e. The SMILES string of the molecule is O=C(NO)c1ccc(-c2ccn(Cc3cccc(OC4CCCCC4)c3)n2)s1. The Morgan fingerprint density at radius 1 is 1.21 bits per heavy atom. The van der Waals surface area contributed by atoms with Crippen LogP contribution in [0.2, 0.25) is 0 Å². The molecule has 1 amide bonds. The molecule has 0 spiro atoms. The minimum Gasteiger partial charge on any atom is -0.490 e. The van der Waals surface area contributed by atoms with E-state index < -0.39 is 5.91 Å². The molecule has 1 aliphatic carbocycles. The van der Waals surface area contributed by atoms with Crippen LogP contribution < -0.4 is 10.2 Å². The highest BCUT2D eigenvalue weighted by molar-refractivity contribution is 7.17. The highest BCUT2D eigenvalue weighted by Gasteiger charge is 2.15. The van der Waals surface area contributed by atoms with E-state index in [1.54, 1.807) is 11.5 Å². The largest absolute Gasteiger partial charge is 0.490 e. The fourth-order valence-electron chi connectivity index (χ4n) is 3.51. The lowest BCUT2D eigenvalue weighted by Crippen LogP contribution is -2.19. The standard InChI is InChI=1S/C21H23N3O3S/c25-21(23-26)20-10-9-19(28-20)18-11-12-24(22-18)14-15-5-4-8-17(13-15)27-16-6-2-1-3-7-16/h4-5,8-13,16,26H,1-3,6-7,14H2,(H,23,25). The predicted octanol–water partition coefficient (Wildman–Crippen LogP) is 4.49. The first-order chi connectivity index (χ1) is 13.7. The maximum absolute atomic E-state index is 11.5. The molecule has 1 aromatic carbocycles. The van der Waals surface area contributed by atoms with Crippen LogP contribution in [0.3, 0.4) is 0 Å². The molecule has 0 unspecified atom stereocenters. The monoisotopic (exact) mass is 397 g/mol. The molecule has 2 aromatic heterocycles. The molecular weight excluding hydrogens is 374 g/mol. The van der Waals surface area contributed by atoms with Gasteiger partial charge in [0.2, 0.25) is 0 Å². The number of hydroxylamine groups is 1. The van der Waals surface area contributed by atoms with Crippen LogP contribution in [-0.4, -0.2) is 27.0 Å². The van der Waals surface area contributed by atoms with Gasteiger partial charge in [-0.05, 0) is 61.6 Å². The van der Waals surface area contributed by atoms with E-state index in [9.17, 15) is 4.79 Å². The van der Waals surface area contributed by atoms with Gasteiger partial charge in [-0.2, -0.15) is 5.10 Å². The minimum absolute atomic E-state index is 0.337. The molecule has 6 nitrogen and oxygen atoms in total. The molecule has 0 saturated heterocycles. The molecule has 0 radical (unpaired) electrons. The maximum atomic E-state index is 11.5. The average molecular weight is 398 g/mol. The van der Waals surface area contributed by atoms with E-state index in [0.29, 0.717) is 17.5 Å². The molecule has 0 bridgehead atoms. The van der Waals surface area contributed by atoms with Gasteiger partial charge in [0, 0.05) is 6.20 Å². The molecule has 3 aromatic rings. The lowest BCUT2D eigenvalue weighted by Gasteiger charge is -2.23. The number of hydrogen-bond acceptors (Lipinski definition) is 5. The van der Waals surface area contributed by atoms with Crippen LogP contribution in [0.15, 0.2) is 48.7 Å². The summed E-state index contributed by atoms with van der Waals surface area (Å²) in [5.74, 6) is 0.417. The average Bonchev–Trinajstić information content (AvgIpc) is 3.38. The Labute approximate surface area is 167 Å². The Balaban J connectivity index is 1.43. The number of aromatic nitrogens is 2. The zero-order chi connectivity index (χ0) is 19.3. The zero-order valence-electron chi connectivity index (χ0n) is 15.5. The topological polar surface area (TPSA) is 76.4 Å². The summed E-state index contributed by atoms with van der Waals surface area (Å²) >= 11 is 1.29. The fraction of sp³-hybridized carbons (Fsp3) is 0.333. The number of nitrogens with one attached hydrogen (secondary N) is 1. The minimum atomic E-state index is -0.509. The molecular formula is C21H23N3O3S. The van der Waals surface area contributed by atoms with E-state index in [2.05, 4.69) is 17.2 Å². The molecule has 2 N–H and O–H groups in total. The van der Waals surface area contributed by atoms with Gasteiger partial charge in [0.25, 0.3) is 5.91 Å². The van der Waals surface area contributed by atoms with Crippen molar-refractivity contribution >= 4 is 17.2 Å². The Morgan fingerprint density at radius 3 is 2.89 bits per heavy atom. The van der Waals surface area contributed by atoms with Crippen LogP contribution >= 0.6 is 11.3 Å². The van der Waals surface area contributed by atoms with Crippen molar-refractivity contribution in [1.29, 1.82) is 0 Å². The quantitative estimate of drug-likeness (QED) is 0.475. The van der Waals surface area contributed by atoms with Crippen LogP contribution in [0.1, 0.15) is 47.3 Å². The molecule has 4 rings (SSSR count).